The van der Waals surface area contributed by atoms with E-state index in [1.807, 2.05) is 27.7 Å². The average Bonchev–Trinajstić information content (AvgIpc) is 2.77. The zero-order valence-corrected chi connectivity index (χ0v) is 23.1. The summed E-state index contributed by atoms with van der Waals surface area (Å²) in [6, 6.07) is 0. The van der Waals surface area contributed by atoms with Gasteiger partial charge in [-0.15, -0.1) is 0 Å². The SMILES string of the molecule is C=C/C=C(\C=C)C/C(C(Br)=NC/C(O)=C/C(=O)OCC)=C(\Br)CN(N)C(C)=O.CC.CC. The predicted molar refractivity (Wildman–Crippen MR) is 142 cm³/mol. The molecule has 0 unspecified atom stereocenters. The van der Waals surface area contributed by atoms with Gasteiger partial charge in [0.05, 0.1) is 25.8 Å². The number of aliphatic imine (C=N–C) groups is 1. The molecular formula is C23H37Br2N3O4. The Labute approximate surface area is 209 Å². The van der Waals surface area contributed by atoms with Gasteiger partial charge < -0.3 is 9.84 Å². The van der Waals surface area contributed by atoms with Gasteiger partial charge >= 0.3 is 5.97 Å². The fourth-order valence-electron chi connectivity index (χ4n) is 1.80. The summed E-state index contributed by atoms with van der Waals surface area (Å²) in [5.41, 5.74) is 1.54. The molecule has 0 aliphatic heterocycles. The van der Waals surface area contributed by atoms with Crippen LogP contribution in [0.3, 0.4) is 0 Å². The topological polar surface area (TPSA) is 105 Å². The lowest BCUT2D eigenvalue weighted by atomic mass is 10.1. The highest BCUT2D eigenvalue weighted by Crippen LogP contribution is 2.25. The molecule has 0 spiro atoms. The molecule has 9 heteroatoms. The molecule has 0 fully saturated rings. The number of aliphatic hydroxyl groups excluding tert-OH is 1. The second-order valence-electron chi connectivity index (χ2n) is 5.38. The Balaban J connectivity index is -0.00000198. The van der Waals surface area contributed by atoms with E-state index in [0.717, 1.165) is 16.7 Å². The molecule has 32 heavy (non-hydrogen) atoms. The lowest BCUT2D eigenvalue weighted by molar-refractivity contribution is -0.137. The van der Waals surface area contributed by atoms with Crippen molar-refractivity contribution in [3.63, 3.8) is 0 Å². The summed E-state index contributed by atoms with van der Waals surface area (Å²) in [5.74, 6) is 4.50. The minimum absolute atomic E-state index is 0.123. The molecule has 0 aromatic heterocycles. The van der Waals surface area contributed by atoms with Gasteiger partial charge in [0.1, 0.15) is 10.4 Å². The van der Waals surface area contributed by atoms with Crippen molar-refractivity contribution < 1.29 is 19.4 Å². The summed E-state index contributed by atoms with van der Waals surface area (Å²) in [7, 11) is 0. The molecular weight excluding hydrogens is 542 g/mol. The number of aliphatic hydroxyl groups is 1. The van der Waals surface area contributed by atoms with Crippen LogP contribution in [0.15, 0.2) is 63.8 Å². The van der Waals surface area contributed by atoms with Crippen molar-refractivity contribution in [2.24, 2.45) is 10.8 Å². The Morgan fingerprint density at radius 1 is 1.19 bits per heavy atom. The van der Waals surface area contributed by atoms with Gasteiger partial charge in [-0.1, -0.05) is 75.0 Å². The Hall–Kier alpha value is -1.97. The highest BCUT2D eigenvalue weighted by molar-refractivity contribution is 9.18. The lowest BCUT2D eigenvalue weighted by Gasteiger charge is -2.17. The maximum absolute atomic E-state index is 11.4. The standard InChI is InChI=1S/C19H25Br2N3O4.2C2H6/c1-5-8-14(6-2)9-16(17(20)12-24(22)13(4)25)19(21)23-11-15(26)10-18(27)28-7-3;2*1-2/h5-6,8,10,26H,1-2,7,9,11-12,22H2,3-4H3;2*1-2H3/b14-8+,15-10-,17-16+,23-19?;;. The van der Waals surface area contributed by atoms with Crippen LogP contribution in [0, 0.1) is 0 Å². The smallest absolute Gasteiger partial charge is 0.334 e. The molecule has 0 radical (unpaired) electrons. The van der Waals surface area contributed by atoms with E-state index < -0.39 is 5.97 Å². The number of esters is 1. The van der Waals surface area contributed by atoms with Gasteiger partial charge in [-0.05, 0) is 28.4 Å². The van der Waals surface area contributed by atoms with Crippen molar-refractivity contribution in [1.29, 1.82) is 0 Å². The molecule has 0 aliphatic rings. The van der Waals surface area contributed by atoms with Crippen molar-refractivity contribution in [3.8, 4) is 0 Å². The molecule has 0 aromatic rings. The van der Waals surface area contributed by atoms with E-state index in [2.05, 4.69) is 50.0 Å². The van der Waals surface area contributed by atoms with Crippen LogP contribution in [0.4, 0.5) is 0 Å². The fraction of sp³-hybridized carbons (Fsp3) is 0.435. The first-order chi connectivity index (χ1) is 15.2. The van der Waals surface area contributed by atoms with Crippen LogP contribution >= 0.6 is 31.9 Å². The van der Waals surface area contributed by atoms with Gasteiger partial charge in [-0.2, -0.15) is 0 Å². The van der Waals surface area contributed by atoms with Crippen LogP contribution in [-0.4, -0.2) is 46.3 Å². The third-order valence-electron chi connectivity index (χ3n) is 3.22. The van der Waals surface area contributed by atoms with Crippen molar-refractivity contribution in [1.82, 2.24) is 5.01 Å². The van der Waals surface area contributed by atoms with Crippen molar-refractivity contribution in [2.45, 2.75) is 48.0 Å². The highest BCUT2D eigenvalue weighted by Gasteiger charge is 2.14. The number of amides is 1. The van der Waals surface area contributed by atoms with E-state index in [1.165, 1.54) is 6.92 Å². The third kappa shape index (κ3) is 16.7. The minimum Gasteiger partial charge on any atom is -0.510 e. The van der Waals surface area contributed by atoms with Gasteiger partial charge in [0.25, 0.3) is 0 Å². The minimum atomic E-state index is -0.647. The number of halogens is 2. The van der Waals surface area contributed by atoms with Gasteiger partial charge in [0, 0.05) is 23.4 Å². The number of carbonyl (C=O) groups excluding carboxylic acids is 2. The molecule has 0 aromatic carbocycles. The molecule has 0 saturated carbocycles. The second kappa shape index (κ2) is 22.2. The summed E-state index contributed by atoms with van der Waals surface area (Å²) >= 11 is 6.83. The molecule has 0 heterocycles. The van der Waals surface area contributed by atoms with Gasteiger partial charge in [0.2, 0.25) is 5.91 Å². The van der Waals surface area contributed by atoms with Crippen LogP contribution in [-0.2, 0) is 14.3 Å². The van der Waals surface area contributed by atoms with Gasteiger partial charge in [0.15, 0.2) is 0 Å². The lowest BCUT2D eigenvalue weighted by Crippen LogP contribution is -2.36. The number of ether oxygens (including phenoxy) is 1. The third-order valence-corrected chi connectivity index (χ3v) is 4.67. The van der Waals surface area contributed by atoms with E-state index in [-0.39, 0.29) is 31.4 Å². The maximum Gasteiger partial charge on any atom is 0.334 e. The van der Waals surface area contributed by atoms with Crippen LogP contribution in [0.25, 0.3) is 0 Å². The number of hydrogen-bond donors (Lipinski definition) is 2. The van der Waals surface area contributed by atoms with E-state index in [9.17, 15) is 14.7 Å². The van der Waals surface area contributed by atoms with Crippen LogP contribution in [0.5, 0.6) is 0 Å². The molecule has 3 N–H and O–H groups in total. The summed E-state index contributed by atoms with van der Waals surface area (Å²) < 4.78 is 5.76. The number of nitrogens with two attached hydrogens (primary N) is 1. The molecule has 0 bridgehead atoms. The summed E-state index contributed by atoms with van der Waals surface area (Å²) in [4.78, 5) is 27.0. The van der Waals surface area contributed by atoms with Crippen molar-refractivity contribution in [3.05, 3.63) is 58.8 Å². The molecule has 182 valence electrons. The monoisotopic (exact) mass is 577 g/mol. The van der Waals surface area contributed by atoms with Gasteiger partial charge in [-0.3, -0.25) is 14.8 Å². The Morgan fingerprint density at radius 3 is 2.19 bits per heavy atom. The Bertz CT molecular complexity index is 727. The zero-order valence-electron chi connectivity index (χ0n) is 20.0. The van der Waals surface area contributed by atoms with E-state index >= 15 is 0 Å². The predicted octanol–water partition coefficient (Wildman–Crippen LogP) is 5.90. The first kappa shape index (κ1) is 34.6. The maximum atomic E-state index is 11.4. The Morgan fingerprint density at radius 2 is 1.75 bits per heavy atom. The van der Waals surface area contributed by atoms with Crippen molar-refractivity contribution in [2.75, 3.05) is 19.7 Å². The summed E-state index contributed by atoms with van der Waals surface area (Å²) in [5, 5.41) is 10.9. The van der Waals surface area contributed by atoms with Crippen LogP contribution in [0.1, 0.15) is 48.0 Å². The Kier molecular flexibility index (Phi) is 24.1. The number of allylic oxidation sites excluding steroid dienone is 5. The molecule has 1 amide bonds. The van der Waals surface area contributed by atoms with Crippen molar-refractivity contribution >= 4 is 48.4 Å². The molecule has 0 atom stereocenters. The van der Waals surface area contributed by atoms with Crippen LogP contribution < -0.4 is 5.84 Å². The van der Waals surface area contributed by atoms with E-state index in [1.54, 1.807) is 25.2 Å². The molecule has 0 rings (SSSR count). The molecule has 0 aliphatic carbocycles. The summed E-state index contributed by atoms with van der Waals surface area (Å²) in [6.45, 7) is 18.6. The van der Waals surface area contributed by atoms with E-state index in [0.29, 0.717) is 21.1 Å². The molecule has 0 saturated heterocycles. The highest BCUT2D eigenvalue weighted by atomic mass is 79.9. The van der Waals surface area contributed by atoms with Gasteiger partial charge in [-0.25, -0.2) is 10.6 Å². The fourth-order valence-corrected chi connectivity index (χ4v) is 3.17. The first-order valence-corrected chi connectivity index (χ1v) is 11.9. The number of hydrogen-bond acceptors (Lipinski definition) is 6. The molecule has 7 nitrogen and oxygen atoms in total. The second-order valence-corrected chi connectivity index (χ2v) is 7.09. The number of hydrazine groups is 1. The normalized spacial score (nSPS) is 12.2. The quantitative estimate of drug-likeness (QED) is 0.0464. The number of nitrogens with zero attached hydrogens (tertiary/aromatic N) is 2. The number of rotatable bonds is 11. The van der Waals surface area contributed by atoms with E-state index in [4.69, 9.17) is 10.6 Å². The number of carbonyl (C=O) groups is 2. The largest absolute Gasteiger partial charge is 0.510 e. The van der Waals surface area contributed by atoms with Crippen LogP contribution in [0.2, 0.25) is 0 Å². The zero-order chi connectivity index (χ0) is 25.7. The summed E-state index contributed by atoms with van der Waals surface area (Å²) in [6.07, 6.45) is 6.47. The first-order valence-electron chi connectivity index (χ1n) is 10.3. The average molecular weight is 579 g/mol.